The summed E-state index contributed by atoms with van der Waals surface area (Å²) in [5.74, 6) is 0.00660. The number of hydrogen-bond donors (Lipinski definition) is 1. The van der Waals surface area contributed by atoms with Crippen molar-refractivity contribution in [1.29, 1.82) is 0 Å². The number of esters is 1. The Morgan fingerprint density at radius 1 is 1.08 bits per heavy atom. The average molecular weight is 341 g/mol. The van der Waals surface area contributed by atoms with Crippen LogP contribution in [-0.4, -0.2) is 25.6 Å². The summed E-state index contributed by atoms with van der Waals surface area (Å²) in [5.41, 5.74) is 2.24. The molecule has 1 N–H and O–H groups in total. The van der Waals surface area contributed by atoms with E-state index in [1.807, 2.05) is 24.3 Å². The molecule has 1 atom stereocenters. The summed E-state index contributed by atoms with van der Waals surface area (Å²) in [6.45, 7) is 4.12. The van der Waals surface area contributed by atoms with E-state index in [1.165, 1.54) is 12.7 Å². The van der Waals surface area contributed by atoms with Gasteiger partial charge >= 0.3 is 5.97 Å². The maximum absolute atomic E-state index is 12.1. The van der Waals surface area contributed by atoms with Gasteiger partial charge in [-0.2, -0.15) is 0 Å². The normalized spacial score (nSPS) is 11.5. The van der Waals surface area contributed by atoms with E-state index in [0.29, 0.717) is 17.4 Å². The van der Waals surface area contributed by atoms with Crippen molar-refractivity contribution in [2.75, 3.05) is 19.0 Å². The average Bonchev–Trinajstić information content (AvgIpc) is 2.66. The molecule has 0 bridgehead atoms. The highest BCUT2D eigenvalue weighted by molar-refractivity contribution is 5.94. The topological polar surface area (TPSA) is 64.6 Å². The highest BCUT2D eigenvalue weighted by Crippen LogP contribution is 2.21. The number of carbonyl (C=O) groups excluding carboxylic acids is 2. The molecule has 2 aromatic rings. The summed E-state index contributed by atoms with van der Waals surface area (Å²) in [5, 5.41) is 2.78. The van der Waals surface area contributed by atoms with Crippen LogP contribution >= 0.6 is 0 Å². The second-order valence-corrected chi connectivity index (χ2v) is 5.76. The van der Waals surface area contributed by atoms with E-state index < -0.39 is 5.97 Å². The van der Waals surface area contributed by atoms with Crippen LogP contribution < -0.4 is 10.1 Å². The van der Waals surface area contributed by atoms with Crippen LogP contribution in [0.5, 0.6) is 5.75 Å². The zero-order valence-electron chi connectivity index (χ0n) is 14.7. The fourth-order valence-electron chi connectivity index (χ4n) is 2.34. The third-order valence-corrected chi connectivity index (χ3v) is 4.03. The molecule has 0 radical (unpaired) electrons. The molecule has 5 heteroatoms. The number of nitrogens with one attached hydrogen (secondary N) is 1. The Morgan fingerprint density at radius 2 is 1.76 bits per heavy atom. The second-order valence-electron chi connectivity index (χ2n) is 5.76. The predicted octanol–water partition coefficient (Wildman–Crippen LogP) is 4.00. The van der Waals surface area contributed by atoms with Gasteiger partial charge in [-0.15, -0.1) is 0 Å². The van der Waals surface area contributed by atoms with Gasteiger partial charge < -0.3 is 14.8 Å². The highest BCUT2D eigenvalue weighted by atomic mass is 16.5. The molecule has 5 nitrogen and oxygen atoms in total. The third kappa shape index (κ3) is 5.08. The maximum atomic E-state index is 12.1. The van der Waals surface area contributed by atoms with Gasteiger partial charge in [0.1, 0.15) is 11.3 Å². The van der Waals surface area contributed by atoms with Crippen LogP contribution in [0, 0.1) is 0 Å². The van der Waals surface area contributed by atoms with Crippen LogP contribution in [0.2, 0.25) is 0 Å². The van der Waals surface area contributed by atoms with Crippen LogP contribution in [0.3, 0.4) is 0 Å². The zero-order valence-corrected chi connectivity index (χ0v) is 14.7. The summed E-state index contributed by atoms with van der Waals surface area (Å²) < 4.78 is 10.2. The number of rotatable bonds is 7. The van der Waals surface area contributed by atoms with Gasteiger partial charge in [-0.05, 0) is 42.2 Å². The first-order chi connectivity index (χ1) is 12.0. The smallest absolute Gasteiger partial charge is 0.341 e. The SMILES string of the molecule is CC[C@H](C)c1ccc(NC(=O)COc2ccccc2C(=O)OC)cc1. The molecular formula is C20H23NO4. The standard InChI is InChI=1S/C20H23NO4/c1-4-14(2)15-9-11-16(12-10-15)21-19(22)13-25-18-8-6-5-7-17(18)20(23)24-3/h5-12,14H,4,13H2,1-3H3,(H,21,22)/t14-/m0/s1. The molecule has 0 saturated heterocycles. The molecule has 0 aliphatic rings. The summed E-state index contributed by atoms with van der Waals surface area (Å²) in [6.07, 6.45) is 1.07. The van der Waals surface area contributed by atoms with Crippen molar-refractivity contribution in [2.24, 2.45) is 0 Å². The molecule has 0 aliphatic heterocycles. The Kier molecular flexibility index (Phi) is 6.57. The minimum absolute atomic E-state index is 0.193. The summed E-state index contributed by atoms with van der Waals surface area (Å²) in [6, 6.07) is 14.4. The van der Waals surface area contributed by atoms with Crippen LogP contribution in [0.1, 0.15) is 42.1 Å². The summed E-state index contributed by atoms with van der Waals surface area (Å²) in [4.78, 5) is 23.7. The van der Waals surface area contributed by atoms with Crippen molar-refractivity contribution in [2.45, 2.75) is 26.2 Å². The van der Waals surface area contributed by atoms with Crippen LogP contribution in [0.15, 0.2) is 48.5 Å². The van der Waals surface area contributed by atoms with Gasteiger partial charge in [-0.25, -0.2) is 4.79 Å². The molecular weight excluding hydrogens is 318 g/mol. The molecule has 0 aromatic heterocycles. The Balaban J connectivity index is 1.94. The minimum atomic E-state index is -0.503. The third-order valence-electron chi connectivity index (χ3n) is 4.03. The summed E-state index contributed by atoms with van der Waals surface area (Å²) in [7, 11) is 1.30. The molecule has 0 unspecified atom stereocenters. The number of benzene rings is 2. The van der Waals surface area contributed by atoms with E-state index >= 15 is 0 Å². The first kappa shape index (κ1) is 18.5. The van der Waals surface area contributed by atoms with Gasteiger partial charge in [0, 0.05) is 5.69 Å². The number of anilines is 1. The molecule has 1 amide bonds. The summed E-state index contributed by atoms with van der Waals surface area (Å²) >= 11 is 0. The van der Waals surface area contributed by atoms with E-state index in [4.69, 9.17) is 9.47 Å². The number of carbonyl (C=O) groups is 2. The van der Waals surface area contributed by atoms with Gasteiger partial charge in [-0.1, -0.05) is 38.1 Å². The molecule has 0 fully saturated rings. The first-order valence-electron chi connectivity index (χ1n) is 8.25. The first-order valence-corrected chi connectivity index (χ1v) is 8.25. The fourth-order valence-corrected chi connectivity index (χ4v) is 2.34. The number of ether oxygens (including phenoxy) is 2. The van der Waals surface area contributed by atoms with E-state index in [0.717, 1.165) is 6.42 Å². The number of para-hydroxylation sites is 1. The maximum Gasteiger partial charge on any atom is 0.341 e. The second kappa shape index (κ2) is 8.87. The molecule has 132 valence electrons. The lowest BCUT2D eigenvalue weighted by molar-refractivity contribution is -0.118. The van der Waals surface area contributed by atoms with Gasteiger partial charge in [-0.3, -0.25) is 4.79 Å². The molecule has 0 heterocycles. The van der Waals surface area contributed by atoms with E-state index in [-0.39, 0.29) is 18.1 Å². The Labute approximate surface area is 148 Å². The van der Waals surface area contributed by atoms with E-state index in [2.05, 4.69) is 19.2 Å². The number of methoxy groups -OCH3 is 1. The lowest BCUT2D eigenvalue weighted by Gasteiger charge is -2.12. The fraction of sp³-hybridized carbons (Fsp3) is 0.300. The molecule has 0 saturated carbocycles. The Hall–Kier alpha value is -2.82. The number of hydrogen-bond acceptors (Lipinski definition) is 4. The Morgan fingerprint density at radius 3 is 2.40 bits per heavy atom. The van der Waals surface area contributed by atoms with Crippen molar-refractivity contribution < 1.29 is 19.1 Å². The molecule has 0 aliphatic carbocycles. The highest BCUT2D eigenvalue weighted by Gasteiger charge is 2.13. The minimum Gasteiger partial charge on any atom is -0.483 e. The lowest BCUT2D eigenvalue weighted by atomic mass is 9.99. The van der Waals surface area contributed by atoms with Crippen LogP contribution in [-0.2, 0) is 9.53 Å². The van der Waals surface area contributed by atoms with Crippen LogP contribution in [0.4, 0.5) is 5.69 Å². The predicted molar refractivity (Wildman–Crippen MR) is 97.1 cm³/mol. The van der Waals surface area contributed by atoms with E-state index in [9.17, 15) is 9.59 Å². The van der Waals surface area contributed by atoms with Crippen molar-refractivity contribution >= 4 is 17.6 Å². The van der Waals surface area contributed by atoms with Gasteiger partial charge in [0.15, 0.2) is 6.61 Å². The molecule has 25 heavy (non-hydrogen) atoms. The van der Waals surface area contributed by atoms with Gasteiger partial charge in [0.05, 0.1) is 7.11 Å². The lowest BCUT2D eigenvalue weighted by Crippen LogP contribution is -2.21. The monoisotopic (exact) mass is 341 g/mol. The van der Waals surface area contributed by atoms with Gasteiger partial charge in [0.2, 0.25) is 0 Å². The quantitative estimate of drug-likeness (QED) is 0.773. The van der Waals surface area contributed by atoms with E-state index in [1.54, 1.807) is 24.3 Å². The number of amides is 1. The van der Waals surface area contributed by atoms with Crippen molar-refractivity contribution in [3.8, 4) is 5.75 Å². The molecule has 2 rings (SSSR count). The molecule has 0 spiro atoms. The van der Waals surface area contributed by atoms with Crippen LogP contribution in [0.25, 0.3) is 0 Å². The van der Waals surface area contributed by atoms with Crippen molar-refractivity contribution in [1.82, 2.24) is 0 Å². The Bertz CT molecular complexity index is 725. The largest absolute Gasteiger partial charge is 0.483 e. The van der Waals surface area contributed by atoms with Crippen molar-refractivity contribution in [3.05, 3.63) is 59.7 Å². The van der Waals surface area contributed by atoms with Gasteiger partial charge in [0.25, 0.3) is 5.91 Å². The molecule has 2 aromatic carbocycles. The zero-order chi connectivity index (χ0) is 18.2. The van der Waals surface area contributed by atoms with Crippen molar-refractivity contribution in [3.63, 3.8) is 0 Å².